The smallest absolute Gasteiger partial charge is 0.299 e. The fourth-order valence-corrected chi connectivity index (χ4v) is 5.20. The molecular weight excluding hydrogens is 412 g/mol. The Hall–Kier alpha value is -2.09. The van der Waals surface area contributed by atoms with E-state index in [-0.39, 0.29) is 19.0 Å². The summed E-state index contributed by atoms with van der Waals surface area (Å²) < 4.78 is 34.5. The Labute approximate surface area is 176 Å². The number of rotatable bonds is 6. The third kappa shape index (κ3) is 5.29. The Morgan fingerprint density at radius 3 is 2.41 bits per heavy atom. The van der Waals surface area contributed by atoms with Crippen LogP contribution in [0.4, 0.5) is 0 Å². The number of aliphatic hydroxyl groups excluding tert-OH is 1. The van der Waals surface area contributed by atoms with Crippen LogP contribution in [0.2, 0.25) is 5.02 Å². The lowest BCUT2D eigenvalue weighted by molar-refractivity contribution is 0.0759. The Kier molecular flexibility index (Phi) is 6.51. The number of hydrogen-bond acceptors (Lipinski definition) is 5. The fourth-order valence-electron chi connectivity index (χ4n) is 3.39. The van der Waals surface area contributed by atoms with Crippen LogP contribution in [-0.2, 0) is 21.2 Å². The summed E-state index contributed by atoms with van der Waals surface area (Å²) in [6.45, 7) is 3.40. The van der Waals surface area contributed by atoms with Gasteiger partial charge < -0.3 is 9.84 Å². The number of nitrogens with one attached hydrogen (secondary N) is 1. The number of benzene rings is 2. The summed E-state index contributed by atoms with van der Waals surface area (Å²) in [5.74, 6) is 0. The van der Waals surface area contributed by atoms with Gasteiger partial charge in [0.1, 0.15) is 10.9 Å². The van der Waals surface area contributed by atoms with Crippen molar-refractivity contribution in [2.75, 3.05) is 6.61 Å². The largest absolute Gasteiger partial charge is 0.457 e. The van der Waals surface area contributed by atoms with Gasteiger partial charge in [-0.15, -0.1) is 0 Å². The molecule has 2 aromatic rings. The van der Waals surface area contributed by atoms with E-state index in [1.165, 1.54) is 0 Å². The highest BCUT2D eigenvalue weighted by Crippen LogP contribution is 2.30. The van der Waals surface area contributed by atoms with Gasteiger partial charge in [-0.2, -0.15) is 0 Å². The first-order chi connectivity index (χ1) is 13.7. The van der Waals surface area contributed by atoms with Crippen LogP contribution in [-0.4, -0.2) is 37.0 Å². The van der Waals surface area contributed by atoms with Crippen LogP contribution in [0.25, 0.3) is 0 Å². The number of hydrogen-bond donors (Lipinski definition) is 2. The number of amidine groups is 1. The van der Waals surface area contributed by atoms with Gasteiger partial charge in [0.2, 0.25) is 10.0 Å². The summed E-state index contributed by atoms with van der Waals surface area (Å²) in [6, 6.07) is 16.0. The first-order valence-electron chi connectivity index (χ1n) is 9.40. The first kappa shape index (κ1) is 21.6. The fraction of sp³-hybridized carbons (Fsp3) is 0.381. The van der Waals surface area contributed by atoms with Crippen molar-refractivity contribution in [1.82, 2.24) is 4.72 Å². The summed E-state index contributed by atoms with van der Waals surface area (Å²) in [4.78, 5) is 4.47. The number of aliphatic hydroxyl groups is 1. The first-order valence-corrected chi connectivity index (χ1v) is 11.3. The van der Waals surface area contributed by atoms with Crippen molar-refractivity contribution in [2.24, 2.45) is 4.99 Å². The maximum Gasteiger partial charge on any atom is 0.299 e. The Balaban J connectivity index is 1.87. The second kappa shape index (κ2) is 8.73. The maximum atomic E-state index is 13.0. The minimum Gasteiger partial charge on any atom is -0.457 e. The quantitative estimate of drug-likeness (QED) is 0.725. The van der Waals surface area contributed by atoms with Crippen LogP contribution in [0.3, 0.4) is 0 Å². The van der Waals surface area contributed by atoms with Crippen molar-refractivity contribution in [3.05, 3.63) is 70.7 Å². The monoisotopic (exact) mass is 436 g/mol. The van der Waals surface area contributed by atoms with Crippen LogP contribution in [0.5, 0.6) is 0 Å². The minimum atomic E-state index is -3.73. The van der Waals surface area contributed by atoms with Gasteiger partial charge in [0, 0.05) is 11.6 Å². The molecule has 0 spiro atoms. The molecule has 0 aromatic heterocycles. The topological polar surface area (TPSA) is 88.0 Å². The molecule has 1 heterocycles. The molecule has 0 radical (unpaired) electrons. The van der Waals surface area contributed by atoms with Crippen LogP contribution in [0.15, 0.2) is 59.6 Å². The number of aliphatic imine (C=N–C) groups is 1. The van der Waals surface area contributed by atoms with Crippen LogP contribution in [0, 0.1) is 0 Å². The second-order valence-electron chi connectivity index (χ2n) is 7.54. The number of ether oxygens (including phenoxy) is 1. The third-order valence-corrected chi connectivity index (χ3v) is 7.13. The standard InChI is InChI=1S/C21H25ClN2O4S/c1-21(2)19(14-15-8-10-17(22)11-9-15)29(26,27)24-20(28-21)23-18(12-13-25)16-6-4-3-5-7-16/h3-11,18-19,25H,12-14H2,1-2H3,(H,23,24)/t18-,19?/m0/s1. The highest BCUT2D eigenvalue weighted by atomic mass is 35.5. The van der Waals surface area contributed by atoms with Crippen LogP contribution < -0.4 is 4.72 Å². The average Bonchev–Trinajstić information content (AvgIpc) is 2.66. The molecule has 0 saturated carbocycles. The van der Waals surface area contributed by atoms with E-state index in [0.717, 1.165) is 11.1 Å². The predicted molar refractivity (Wildman–Crippen MR) is 114 cm³/mol. The SMILES string of the molecule is CC1(C)OC(=N[C@@H](CCO)c2ccccc2)NS(=O)(=O)C1Cc1ccc(Cl)cc1. The molecule has 1 aliphatic heterocycles. The molecular formula is C21H25ClN2O4S. The predicted octanol–water partition coefficient (Wildman–Crippen LogP) is 3.46. The molecule has 1 fully saturated rings. The molecule has 2 N–H and O–H groups in total. The minimum absolute atomic E-state index is 0.0512. The van der Waals surface area contributed by atoms with Crippen molar-refractivity contribution >= 4 is 27.6 Å². The van der Waals surface area contributed by atoms with Gasteiger partial charge in [-0.3, -0.25) is 0 Å². The maximum absolute atomic E-state index is 13.0. The summed E-state index contributed by atoms with van der Waals surface area (Å²) >= 11 is 5.92. The van der Waals surface area contributed by atoms with Gasteiger partial charge in [-0.1, -0.05) is 54.1 Å². The zero-order chi connectivity index (χ0) is 21.1. The van der Waals surface area contributed by atoms with E-state index in [1.807, 2.05) is 42.5 Å². The number of nitrogens with zero attached hydrogens (tertiary/aromatic N) is 1. The Morgan fingerprint density at radius 2 is 1.83 bits per heavy atom. The van der Waals surface area contributed by atoms with Gasteiger partial charge in [0.15, 0.2) is 0 Å². The van der Waals surface area contributed by atoms with Crippen LogP contribution >= 0.6 is 11.6 Å². The Bertz CT molecular complexity index is 960. The lowest BCUT2D eigenvalue weighted by Gasteiger charge is -2.39. The van der Waals surface area contributed by atoms with Gasteiger partial charge in [-0.25, -0.2) is 18.1 Å². The highest BCUT2D eigenvalue weighted by molar-refractivity contribution is 7.90. The highest BCUT2D eigenvalue weighted by Gasteiger charge is 2.47. The van der Waals surface area contributed by atoms with Crippen molar-refractivity contribution in [1.29, 1.82) is 0 Å². The van der Waals surface area contributed by atoms with Crippen molar-refractivity contribution < 1.29 is 18.3 Å². The van der Waals surface area contributed by atoms with E-state index in [1.54, 1.807) is 26.0 Å². The average molecular weight is 437 g/mol. The van der Waals surface area contributed by atoms with E-state index in [2.05, 4.69) is 9.71 Å². The summed E-state index contributed by atoms with van der Waals surface area (Å²) in [7, 11) is -3.73. The van der Waals surface area contributed by atoms with E-state index in [4.69, 9.17) is 16.3 Å². The second-order valence-corrected chi connectivity index (χ2v) is 9.84. The molecule has 2 aromatic carbocycles. The van der Waals surface area contributed by atoms with Gasteiger partial charge in [0.05, 0.1) is 6.04 Å². The van der Waals surface area contributed by atoms with Crippen molar-refractivity contribution in [3.63, 3.8) is 0 Å². The summed E-state index contributed by atoms with van der Waals surface area (Å²) in [6.07, 6.45) is 0.638. The molecule has 2 atom stereocenters. The molecule has 1 saturated heterocycles. The molecule has 0 amide bonds. The van der Waals surface area contributed by atoms with E-state index in [9.17, 15) is 13.5 Å². The number of sulfonamides is 1. The summed E-state index contributed by atoms with van der Waals surface area (Å²) in [5, 5.41) is 9.19. The molecule has 156 valence electrons. The van der Waals surface area contributed by atoms with Crippen molar-refractivity contribution in [3.8, 4) is 0 Å². The van der Waals surface area contributed by atoms with Gasteiger partial charge in [-0.05, 0) is 49.9 Å². The van der Waals surface area contributed by atoms with Gasteiger partial charge >= 0.3 is 0 Å². The molecule has 8 heteroatoms. The molecule has 1 unspecified atom stereocenters. The lowest BCUT2D eigenvalue weighted by atomic mass is 9.97. The lowest BCUT2D eigenvalue weighted by Crippen LogP contribution is -2.59. The summed E-state index contributed by atoms with van der Waals surface area (Å²) in [5.41, 5.74) is 0.727. The van der Waals surface area contributed by atoms with E-state index in [0.29, 0.717) is 11.4 Å². The Morgan fingerprint density at radius 1 is 1.17 bits per heavy atom. The number of halogens is 1. The zero-order valence-corrected chi connectivity index (χ0v) is 17.9. The van der Waals surface area contributed by atoms with Gasteiger partial charge in [0.25, 0.3) is 6.02 Å². The van der Waals surface area contributed by atoms with Crippen molar-refractivity contribution in [2.45, 2.75) is 43.6 Å². The molecule has 1 aliphatic rings. The molecule has 3 rings (SSSR count). The van der Waals surface area contributed by atoms with E-state index < -0.39 is 26.9 Å². The zero-order valence-electron chi connectivity index (χ0n) is 16.4. The molecule has 0 bridgehead atoms. The molecule has 0 aliphatic carbocycles. The normalized spacial score (nSPS) is 22.5. The van der Waals surface area contributed by atoms with E-state index >= 15 is 0 Å². The molecule has 6 nitrogen and oxygen atoms in total. The third-order valence-electron chi connectivity index (χ3n) is 4.93. The molecule has 29 heavy (non-hydrogen) atoms. The van der Waals surface area contributed by atoms with Crippen LogP contribution in [0.1, 0.15) is 37.4 Å².